The maximum absolute atomic E-state index is 14.4. The van der Waals surface area contributed by atoms with Gasteiger partial charge in [-0.25, -0.2) is 9.48 Å². The molecule has 7 rings (SSSR count). The van der Waals surface area contributed by atoms with Crippen molar-refractivity contribution in [3.63, 3.8) is 0 Å². The van der Waals surface area contributed by atoms with E-state index in [4.69, 9.17) is 25.4 Å². The van der Waals surface area contributed by atoms with Crippen molar-refractivity contribution in [3.05, 3.63) is 59.3 Å². The maximum atomic E-state index is 14.4. The van der Waals surface area contributed by atoms with Crippen LogP contribution in [-0.4, -0.2) is 137 Å². The van der Waals surface area contributed by atoms with Crippen LogP contribution in [0.5, 0.6) is 11.5 Å². The Morgan fingerprint density at radius 3 is 1.98 bits per heavy atom. The highest BCUT2D eigenvalue weighted by Crippen LogP contribution is 2.58. The van der Waals surface area contributed by atoms with Gasteiger partial charge < -0.3 is 45.4 Å². The number of hydrogen-bond acceptors (Lipinski definition) is 10. The molecule has 0 spiro atoms. The number of nitrogens with zero attached hydrogens (tertiary/aromatic N) is 5. The first-order valence-electron chi connectivity index (χ1n) is 22.2. The molecule has 4 bridgehead atoms. The molecule has 4 aliphatic rings. The maximum Gasteiger partial charge on any atom is 0.330 e. The largest absolute Gasteiger partial charge is 0.496 e. The van der Waals surface area contributed by atoms with Crippen LogP contribution in [0.1, 0.15) is 104 Å². The van der Waals surface area contributed by atoms with E-state index in [1.165, 1.54) is 0 Å². The molecule has 2 aromatic carbocycles. The summed E-state index contributed by atoms with van der Waals surface area (Å²) in [6.07, 6.45) is 5.71. The summed E-state index contributed by atoms with van der Waals surface area (Å²) in [6, 6.07) is 11.7. The van der Waals surface area contributed by atoms with Gasteiger partial charge in [-0.3, -0.25) is 19.2 Å². The van der Waals surface area contributed by atoms with Crippen molar-refractivity contribution < 1.29 is 43.7 Å². The number of hydrogen-bond donors (Lipinski definition) is 4. The molecule has 16 heteroatoms. The van der Waals surface area contributed by atoms with Crippen LogP contribution in [0.25, 0.3) is 16.9 Å². The molecule has 5 N–H and O–H groups in total. The Hall–Kier alpha value is -5.48. The van der Waals surface area contributed by atoms with Crippen molar-refractivity contribution in [2.24, 2.45) is 29.4 Å². The minimum atomic E-state index is -1.36. The summed E-state index contributed by atoms with van der Waals surface area (Å²) in [6.45, 7) is 6.50. The summed E-state index contributed by atoms with van der Waals surface area (Å²) in [4.78, 5) is 70.2. The molecule has 0 radical (unpaired) electrons. The third-order valence-corrected chi connectivity index (χ3v) is 13.6. The van der Waals surface area contributed by atoms with Crippen LogP contribution in [0, 0.1) is 23.7 Å². The molecule has 1 atom stereocenters. The fourth-order valence-corrected chi connectivity index (χ4v) is 10.5. The number of likely N-dealkylation sites (N-methyl/N-ethyl adjacent to an activating group) is 1. The standard InChI is InChI=1S/C47H65N7O9/c1-28(2)34-26-31(44(58)52(4)19-9-17-51(3)18-10-20-53(5)45(59)35(48)14-16-41(55)56)13-15-37(34)54-38(42-39(62-6)11-8-12-40(42)63-7)27-36(50-54)43(57)49-47(46(60)61)32-22-29-21-30(24-32)25-33(47)23-29/h8,11-13,15,26-30,32-33,35H,9-10,14,16-25,48H2,1-7H3,(H,49,57)(H,55,56)(H,60,61)/t29?,30?,32?,33?,35-,47?/m0/s1. The number of methoxy groups -OCH3 is 2. The van der Waals surface area contributed by atoms with Gasteiger partial charge in [-0.15, -0.1) is 0 Å². The number of carboxylic acid groups (broad SMARTS) is 2. The summed E-state index contributed by atoms with van der Waals surface area (Å²) in [5.41, 5.74) is 7.62. The Balaban J connectivity index is 1.19. The van der Waals surface area contributed by atoms with E-state index < -0.39 is 29.4 Å². The zero-order valence-electron chi connectivity index (χ0n) is 37.8. The van der Waals surface area contributed by atoms with Crippen molar-refractivity contribution in [3.8, 4) is 28.4 Å². The van der Waals surface area contributed by atoms with Crippen LogP contribution in [0.3, 0.4) is 0 Å². The number of aromatic nitrogens is 2. The molecule has 4 fully saturated rings. The fraction of sp³-hybridized carbons (Fsp3) is 0.574. The van der Waals surface area contributed by atoms with Gasteiger partial charge in [-0.05, 0) is 143 Å². The zero-order valence-corrected chi connectivity index (χ0v) is 37.8. The number of nitrogens with two attached hydrogens (primary N) is 1. The van der Waals surface area contributed by atoms with E-state index in [1.807, 2.05) is 39.1 Å². The van der Waals surface area contributed by atoms with Crippen LogP contribution in [0.4, 0.5) is 0 Å². The fourth-order valence-electron chi connectivity index (χ4n) is 10.5. The normalized spacial score (nSPS) is 21.6. The first kappa shape index (κ1) is 47.0. The number of carbonyl (C=O) groups is 5. The average molecular weight is 872 g/mol. The summed E-state index contributed by atoms with van der Waals surface area (Å²) in [7, 11) is 8.55. The molecule has 4 saturated carbocycles. The van der Waals surface area contributed by atoms with Crippen molar-refractivity contribution >= 4 is 29.7 Å². The Kier molecular flexibility index (Phi) is 14.9. The number of carbonyl (C=O) groups excluding carboxylic acids is 3. The molecular formula is C47H65N7O9. The average Bonchev–Trinajstić information content (AvgIpc) is 3.70. The van der Waals surface area contributed by atoms with E-state index in [-0.39, 0.29) is 48.1 Å². The molecule has 342 valence electrons. The smallest absolute Gasteiger partial charge is 0.330 e. The van der Waals surface area contributed by atoms with Crippen LogP contribution in [0.2, 0.25) is 0 Å². The highest BCUT2D eigenvalue weighted by Gasteiger charge is 2.62. The summed E-state index contributed by atoms with van der Waals surface area (Å²) >= 11 is 0. The third-order valence-electron chi connectivity index (χ3n) is 13.6. The highest BCUT2D eigenvalue weighted by atomic mass is 16.5. The lowest BCUT2D eigenvalue weighted by molar-refractivity contribution is -0.163. The van der Waals surface area contributed by atoms with Gasteiger partial charge in [0.15, 0.2) is 5.69 Å². The molecule has 4 aliphatic carbocycles. The predicted molar refractivity (Wildman–Crippen MR) is 237 cm³/mol. The van der Waals surface area contributed by atoms with E-state index in [0.29, 0.717) is 65.4 Å². The molecule has 63 heavy (non-hydrogen) atoms. The van der Waals surface area contributed by atoms with Gasteiger partial charge in [-0.2, -0.15) is 5.10 Å². The van der Waals surface area contributed by atoms with Gasteiger partial charge in [0, 0.05) is 39.2 Å². The van der Waals surface area contributed by atoms with Gasteiger partial charge in [0.1, 0.15) is 17.0 Å². The molecular weight excluding hydrogens is 807 g/mol. The van der Waals surface area contributed by atoms with Gasteiger partial charge in [-0.1, -0.05) is 19.9 Å². The SMILES string of the molecule is COc1cccc(OC)c1-c1cc(C(=O)NC2(C(=O)O)C3CC4CC(C3)CC2C4)nn1-c1ccc(C(=O)N(C)CCCN(C)CCCN(C)C(=O)[C@@H](N)CCC(=O)O)cc1C(C)C. The van der Waals surface area contributed by atoms with Crippen LogP contribution >= 0.6 is 0 Å². The first-order valence-corrected chi connectivity index (χ1v) is 22.2. The minimum Gasteiger partial charge on any atom is -0.496 e. The molecule has 1 heterocycles. The van der Waals surface area contributed by atoms with Gasteiger partial charge in [0.2, 0.25) is 5.91 Å². The Labute approximate surface area is 370 Å². The molecule has 3 amide bonds. The Morgan fingerprint density at radius 2 is 1.44 bits per heavy atom. The van der Waals surface area contributed by atoms with Crippen molar-refractivity contribution in [1.82, 2.24) is 29.8 Å². The Bertz CT molecular complexity index is 2120. The summed E-state index contributed by atoms with van der Waals surface area (Å²) < 4.78 is 13.3. The predicted octanol–water partition coefficient (Wildman–Crippen LogP) is 5.12. The number of aliphatic carboxylic acids is 2. The number of amides is 3. The van der Waals surface area contributed by atoms with Crippen LogP contribution in [-0.2, 0) is 14.4 Å². The minimum absolute atomic E-state index is 0.0599. The second kappa shape index (κ2) is 19.9. The van der Waals surface area contributed by atoms with Crippen molar-refractivity contribution in [1.29, 1.82) is 0 Å². The van der Waals surface area contributed by atoms with E-state index in [2.05, 4.69) is 10.2 Å². The second-order valence-electron chi connectivity index (χ2n) is 18.3. The first-order chi connectivity index (χ1) is 30.0. The van der Waals surface area contributed by atoms with Crippen LogP contribution in [0.15, 0.2) is 42.5 Å². The number of benzene rings is 2. The van der Waals surface area contributed by atoms with E-state index in [1.54, 1.807) is 67.1 Å². The number of rotatable bonds is 21. The quantitative estimate of drug-likeness (QED) is 0.110. The number of carboxylic acids is 2. The Morgan fingerprint density at radius 1 is 0.857 bits per heavy atom. The molecule has 0 saturated heterocycles. The van der Waals surface area contributed by atoms with Crippen LogP contribution < -0.4 is 20.5 Å². The van der Waals surface area contributed by atoms with E-state index in [0.717, 1.165) is 57.2 Å². The molecule has 0 unspecified atom stereocenters. The van der Waals surface area contributed by atoms with Crippen molar-refractivity contribution in [2.45, 2.75) is 89.1 Å². The monoisotopic (exact) mass is 871 g/mol. The summed E-state index contributed by atoms with van der Waals surface area (Å²) in [5.74, 6) is -1.28. The highest BCUT2D eigenvalue weighted by molar-refractivity contribution is 5.98. The summed E-state index contributed by atoms with van der Waals surface area (Å²) in [5, 5.41) is 27.6. The molecule has 0 aliphatic heterocycles. The topological polar surface area (TPSA) is 210 Å². The second-order valence-corrected chi connectivity index (χ2v) is 18.3. The van der Waals surface area contributed by atoms with Gasteiger partial charge >= 0.3 is 11.9 Å². The molecule has 3 aromatic rings. The van der Waals surface area contributed by atoms with Gasteiger partial charge in [0.25, 0.3) is 11.8 Å². The number of nitrogens with one attached hydrogen (secondary N) is 1. The zero-order chi connectivity index (χ0) is 45.7. The lowest BCUT2D eigenvalue weighted by Gasteiger charge is -2.59. The molecule has 16 nitrogen and oxygen atoms in total. The third kappa shape index (κ3) is 10.0. The lowest BCUT2D eigenvalue weighted by Crippen LogP contribution is -2.70. The number of ether oxygens (including phenoxy) is 2. The van der Waals surface area contributed by atoms with Crippen molar-refractivity contribution in [2.75, 3.05) is 61.5 Å². The van der Waals surface area contributed by atoms with E-state index in [9.17, 15) is 29.1 Å². The lowest BCUT2D eigenvalue weighted by atomic mass is 9.48. The van der Waals surface area contributed by atoms with Gasteiger partial charge in [0.05, 0.1) is 37.2 Å². The van der Waals surface area contributed by atoms with E-state index >= 15 is 0 Å². The molecule has 1 aromatic heterocycles.